The molecule has 1 fully saturated rings. The van der Waals surface area contributed by atoms with Crippen LogP contribution in [0.1, 0.15) is 18.4 Å². The smallest absolute Gasteiger partial charge is 0.240 e. The third-order valence-electron chi connectivity index (χ3n) is 5.02. The average molecular weight is 414 g/mol. The van der Waals surface area contributed by atoms with E-state index >= 15 is 0 Å². The zero-order chi connectivity index (χ0) is 19.6. The highest BCUT2D eigenvalue weighted by molar-refractivity contribution is 7.89. The van der Waals surface area contributed by atoms with Crippen molar-refractivity contribution in [2.24, 2.45) is 0 Å². The van der Waals surface area contributed by atoms with Gasteiger partial charge in [-0.2, -0.15) is 0 Å². The Morgan fingerprint density at radius 3 is 2.46 bits per heavy atom. The Morgan fingerprint density at radius 1 is 1.07 bits per heavy atom. The maximum Gasteiger partial charge on any atom is 0.240 e. The average Bonchev–Trinajstić information content (AvgIpc) is 3.23. The number of piperidine rings is 1. The van der Waals surface area contributed by atoms with Crippen LogP contribution in [0, 0.1) is 6.92 Å². The molecule has 0 atom stereocenters. The zero-order valence-corrected chi connectivity index (χ0v) is 17.3. The minimum absolute atomic E-state index is 0.0438. The number of anilines is 1. The minimum atomic E-state index is -3.52. The maximum atomic E-state index is 12.8. The van der Waals surface area contributed by atoms with E-state index in [1.807, 2.05) is 42.6 Å². The maximum absolute atomic E-state index is 12.8. The predicted octanol–water partition coefficient (Wildman–Crippen LogP) is 4.07. The van der Waals surface area contributed by atoms with Crippen LogP contribution in [0.4, 0.5) is 5.13 Å². The Hall–Kier alpha value is -2.22. The van der Waals surface area contributed by atoms with E-state index in [4.69, 9.17) is 0 Å². The van der Waals surface area contributed by atoms with Crippen LogP contribution in [0.25, 0.3) is 11.1 Å². The van der Waals surface area contributed by atoms with Crippen molar-refractivity contribution in [3.8, 4) is 11.1 Å². The lowest BCUT2D eigenvalue weighted by atomic mass is 10.0. The molecule has 0 amide bonds. The van der Waals surface area contributed by atoms with Crippen LogP contribution in [0.2, 0.25) is 0 Å². The molecule has 2 aromatic carbocycles. The summed E-state index contributed by atoms with van der Waals surface area (Å²) in [6.07, 6.45) is 3.36. The molecule has 0 bridgehead atoms. The first-order valence-electron chi connectivity index (χ1n) is 9.35. The molecule has 0 aliphatic carbocycles. The van der Waals surface area contributed by atoms with Gasteiger partial charge >= 0.3 is 0 Å². The van der Waals surface area contributed by atoms with Gasteiger partial charge in [-0.05, 0) is 43.0 Å². The molecule has 7 heteroatoms. The number of thiazole rings is 1. The largest absolute Gasteiger partial charge is 0.348 e. The zero-order valence-electron chi connectivity index (χ0n) is 15.7. The number of hydrogen-bond acceptors (Lipinski definition) is 5. The molecule has 1 aromatic heterocycles. The van der Waals surface area contributed by atoms with E-state index in [9.17, 15) is 8.42 Å². The quantitative estimate of drug-likeness (QED) is 0.685. The highest BCUT2D eigenvalue weighted by Crippen LogP contribution is 2.24. The van der Waals surface area contributed by atoms with Gasteiger partial charge in [-0.15, -0.1) is 11.3 Å². The second-order valence-corrected chi connectivity index (χ2v) is 9.68. The van der Waals surface area contributed by atoms with E-state index in [2.05, 4.69) is 20.7 Å². The Bertz CT molecular complexity index is 1020. The van der Waals surface area contributed by atoms with Crippen LogP contribution in [-0.4, -0.2) is 32.5 Å². The van der Waals surface area contributed by atoms with E-state index in [1.54, 1.807) is 29.7 Å². The van der Waals surface area contributed by atoms with Crippen LogP contribution in [0.15, 0.2) is 65.0 Å². The lowest BCUT2D eigenvalue weighted by Crippen LogP contribution is -2.44. The van der Waals surface area contributed by atoms with Crippen LogP contribution >= 0.6 is 11.3 Å². The summed E-state index contributed by atoms with van der Waals surface area (Å²) in [5, 5.41) is 2.97. The van der Waals surface area contributed by atoms with Crippen LogP contribution in [0.5, 0.6) is 0 Å². The second-order valence-electron chi connectivity index (χ2n) is 7.09. The van der Waals surface area contributed by atoms with Crippen LogP contribution in [-0.2, 0) is 10.0 Å². The molecule has 28 heavy (non-hydrogen) atoms. The van der Waals surface area contributed by atoms with E-state index in [-0.39, 0.29) is 6.04 Å². The Kier molecular flexibility index (Phi) is 5.48. The third kappa shape index (κ3) is 4.27. The summed E-state index contributed by atoms with van der Waals surface area (Å²) in [5.41, 5.74) is 3.28. The fourth-order valence-corrected chi connectivity index (χ4v) is 5.50. The summed E-state index contributed by atoms with van der Waals surface area (Å²) < 4.78 is 28.4. The Labute approximate surface area is 170 Å². The first-order valence-corrected chi connectivity index (χ1v) is 11.7. The summed E-state index contributed by atoms with van der Waals surface area (Å²) in [6.45, 7) is 3.67. The summed E-state index contributed by atoms with van der Waals surface area (Å²) in [7, 11) is -3.52. The van der Waals surface area contributed by atoms with Crippen molar-refractivity contribution in [2.45, 2.75) is 30.7 Å². The molecule has 0 unspecified atom stereocenters. The fraction of sp³-hybridized carbons (Fsp3) is 0.286. The fourth-order valence-electron chi connectivity index (χ4n) is 3.50. The molecule has 1 aliphatic heterocycles. The normalized spacial score (nSPS) is 15.7. The van der Waals surface area contributed by atoms with Gasteiger partial charge in [0.2, 0.25) is 10.0 Å². The van der Waals surface area contributed by atoms with Gasteiger partial charge in [0.25, 0.3) is 0 Å². The van der Waals surface area contributed by atoms with Crippen molar-refractivity contribution < 1.29 is 8.42 Å². The van der Waals surface area contributed by atoms with Crippen molar-refractivity contribution in [3.63, 3.8) is 0 Å². The molecule has 146 valence electrons. The molecule has 1 N–H and O–H groups in total. The summed E-state index contributed by atoms with van der Waals surface area (Å²) in [4.78, 5) is 6.86. The topological polar surface area (TPSA) is 62.3 Å². The standard InChI is InChI=1S/C21H23N3O2S2/c1-16-3-2-4-18(15-16)17-5-7-20(8-6-17)28(25,26)23-19-9-12-24(13-10-19)21-22-11-14-27-21/h2-8,11,14-15,19,23H,9-10,12-13H2,1H3. The van der Waals surface area contributed by atoms with E-state index in [0.29, 0.717) is 4.90 Å². The number of nitrogens with one attached hydrogen (secondary N) is 1. The van der Waals surface area contributed by atoms with Gasteiger partial charge in [-0.25, -0.2) is 18.1 Å². The number of aryl methyl sites for hydroxylation is 1. The predicted molar refractivity (Wildman–Crippen MR) is 114 cm³/mol. The van der Waals surface area contributed by atoms with Crippen molar-refractivity contribution in [3.05, 3.63) is 65.7 Å². The highest BCUT2D eigenvalue weighted by Gasteiger charge is 2.25. The third-order valence-corrected chi connectivity index (χ3v) is 7.39. The number of benzene rings is 2. The molecular weight excluding hydrogens is 390 g/mol. The van der Waals surface area contributed by atoms with Gasteiger partial charge < -0.3 is 4.90 Å². The van der Waals surface area contributed by atoms with Gasteiger partial charge in [-0.1, -0.05) is 42.0 Å². The summed E-state index contributed by atoms with van der Waals surface area (Å²) in [6, 6.07) is 15.3. The summed E-state index contributed by atoms with van der Waals surface area (Å²) >= 11 is 1.62. The van der Waals surface area contributed by atoms with Gasteiger partial charge in [0.05, 0.1) is 4.90 Å². The van der Waals surface area contributed by atoms with E-state index in [0.717, 1.165) is 42.2 Å². The van der Waals surface area contributed by atoms with Gasteiger partial charge in [0.1, 0.15) is 0 Å². The lowest BCUT2D eigenvalue weighted by Gasteiger charge is -2.31. The van der Waals surface area contributed by atoms with Crippen molar-refractivity contribution >= 4 is 26.5 Å². The molecule has 4 rings (SSSR count). The van der Waals surface area contributed by atoms with Gasteiger partial charge in [-0.3, -0.25) is 0 Å². The van der Waals surface area contributed by atoms with Crippen LogP contribution in [0.3, 0.4) is 0 Å². The molecule has 0 radical (unpaired) electrons. The van der Waals surface area contributed by atoms with Gasteiger partial charge in [0.15, 0.2) is 5.13 Å². The number of nitrogens with zero attached hydrogens (tertiary/aromatic N) is 2. The molecule has 1 aliphatic rings. The Balaban J connectivity index is 1.41. The van der Waals surface area contributed by atoms with Crippen molar-refractivity contribution in [2.75, 3.05) is 18.0 Å². The molecule has 2 heterocycles. The monoisotopic (exact) mass is 413 g/mol. The van der Waals surface area contributed by atoms with Gasteiger partial charge in [0, 0.05) is 30.7 Å². The molecule has 3 aromatic rings. The van der Waals surface area contributed by atoms with E-state index in [1.165, 1.54) is 5.56 Å². The lowest BCUT2D eigenvalue weighted by molar-refractivity contribution is 0.460. The Morgan fingerprint density at radius 2 is 1.82 bits per heavy atom. The molecular formula is C21H23N3O2S2. The number of hydrogen-bond donors (Lipinski definition) is 1. The SMILES string of the molecule is Cc1cccc(-c2ccc(S(=O)(=O)NC3CCN(c4nccs4)CC3)cc2)c1. The number of aromatic nitrogens is 1. The molecule has 0 saturated carbocycles. The highest BCUT2D eigenvalue weighted by atomic mass is 32.2. The molecule has 1 saturated heterocycles. The van der Waals surface area contributed by atoms with Crippen molar-refractivity contribution in [1.82, 2.24) is 9.71 Å². The van der Waals surface area contributed by atoms with Crippen molar-refractivity contribution in [1.29, 1.82) is 0 Å². The first-order chi connectivity index (χ1) is 13.5. The number of sulfonamides is 1. The van der Waals surface area contributed by atoms with E-state index < -0.39 is 10.0 Å². The first kappa shape index (κ1) is 19.1. The molecule has 0 spiro atoms. The van der Waals surface area contributed by atoms with Crippen LogP contribution < -0.4 is 9.62 Å². The second kappa shape index (κ2) is 8.03. The summed E-state index contributed by atoms with van der Waals surface area (Å²) in [5.74, 6) is 0. The minimum Gasteiger partial charge on any atom is -0.348 e. The number of rotatable bonds is 5. The molecule has 5 nitrogen and oxygen atoms in total.